The molecular weight excluding hydrogens is 538 g/mol. The third-order valence-electron chi connectivity index (χ3n) is 6.13. The van der Waals surface area contributed by atoms with Gasteiger partial charge in [-0.15, -0.1) is 0 Å². The van der Waals surface area contributed by atoms with Crippen LogP contribution in [0.4, 0.5) is 23.0 Å². The second-order valence-electron chi connectivity index (χ2n) is 9.53. The number of amides is 2. The van der Waals surface area contributed by atoms with Crippen LogP contribution >= 0.6 is 11.6 Å². The van der Waals surface area contributed by atoms with E-state index >= 15 is 0 Å². The zero-order valence-corrected chi connectivity index (χ0v) is 23.2. The van der Waals surface area contributed by atoms with Crippen molar-refractivity contribution < 1.29 is 9.59 Å². The van der Waals surface area contributed by atoms with Gasteiger partial charge < -0.3 is 25.8 Å². The highest BCUT2D eigenvalue weighted by Gasteiger charge is 2.13. The number of anilines is 4. The molecule has 0 spiro atoms. The summed E-state index contributed by atoms with van der Waals surface area (Å²) in [6.07, 6.45) is 6.71. The number of carbonyl (C=O) groups excluding carboxylic acids is 2. The van der Waals surface area contributed by atoms with Gasteiger partial charge in [0.25, 0.3) is 5.91 Å². The third kappa shape index (κ3) is 6.96. The lowest BCUT2D eigenvalue weighted by molar-refractivity contribution is -0.111. The summed E-state index contributed by atoms with van der Waals surface area (Å²) >= 11 is 6.47. The second kappa shape index (κ2) is 12.5. The number of rotatable bonds is 9. The van der Waals surface area contributed by atoms with Crippen LogP contribution in [0.5, 0.6) is 0 Å². The molecule has 0 saturated carbocycles. The molecule has 0 bridgehead atoms. The van der Waals surface area contributed by atoms with Crippen LogP contribution < -0.4 is 16.0 Å². The molecule has 41 heavy (non-hydrogen) atoms. The Morgan fingerprint density at radius 3 is 2.54 bits per heavy atom. The Labute approximate surface area is 242 Å². The second-order valence-corrected chi connectivity index (χ2v) is 9.93. The van der Waals surface area contributed by atoms with Gasteiger partial charge in [0.1, 0.15) is 0 Å². The monoisotopic (exact) mass is 565 g/mol. The molecule has 0 radical (unpaired) electrons. The Morgan fingerprint density at radius 1 is 0.951 bits per heavy atom. The number of hydrogen-bond donors (Lipinski definition) is 4. The lowest BCUT2D eigenvalue weighted by Gasteiger charge is -2.11. The Morgan fingerprint density at radius 2 is 1.73 bits per heavy atom. The van der Waals surface area contributed by atoms with Crippen molar-refractivity contribution >= 4 is 57.3 Å². The van der Waals surface area contributed by atoms with E-state index in [2.05, 4.69) is 30.9 Å². The van der Waals surface area contributed by atoms with Gasteiger partial charge >= 0.3 is 0 Å². The fourth-order valence-electron chi connectivity index (χ4n) is 4.17. The number of likely N-dealkylation sites (N-methyl/N-ethyl adjacent to an activating group) is 1. The van der Waals surface area contributed by atoms with Gasteiger partial charge in [0.2, 0.25) is 11.9 Å². The highest BCUT2D eigenvalue weighted by Crippen LogP contribution is 2.32. The summed E-state index contributed by atoms with van der Waals surface area (Å²) < 4.78 is 0. The first-order chi connectivity index (χ1) is 19.9. The van der Waals surface area contributed by atoms with E-state index in [1.54, 1.807) is 48.7 Å². The van der Waals surface area contributed by atoms with Gasteiger partial charge in [0.15, 0.2) is 0 Å². The third-order valence-corrected chi connectivity index (χ3v) is 6.40. The molecule has 0 fully saturated rings. The predicted molar refractivity (Wildman–Crippen MR) is 165 cm³/mol. The van der Waals surface area contributed by atoms with E-state index in [9.17, 15) is 9.59 Å². The normalized spacial score (nSPS) is 11.2. The summed E-state index contributed by atoms with van der Waals surface area (Å²) in [5.41, 5.74) is 4.83. The summed E-state index contributed by atoms with van der Waals surface area (Å²) in [5, 5.41) is 10.3. The van der Waals surface area contributed by atoms with Gasteiger partial charge in [0.05, 0.1) is 16.9 Å². The van der Waals surface area contributed by atoms with Crippen LogP contribution in [0.25, 0.3) is 22.2 Å². The minimum Gasteiger partial charge on any atom is -0.361 e. The lowest BCUT2D eigenvalue weighted by atomic mass is 10.1. The van der Waals surface area contributed by atoms with Crippen LogP contribution in [0, 0.1) is 0 Å². The van der Waals surface area contributed by atoms with Crippen LogP contribution in [-0.2, 0) is 4.79 Å². The molecule has 2 amide bonds. The number of hydrogen-bond acceptors (Lipinski definition) is 6. The molecule has 206 valence electrons. The van der Waals surface area contributed by atoms with E-state index < -0.39 is 0 Å². The molecule has 0 aliphatic rings. The lowest BCUT2D eigenvalue weighted by Crippen LogP contribution is -2.13. The van der Waals surface area contributed by atoms with Crippen molar-refractivity contribution in [3.05, 3.63) is 108 Å². The van der Waals surface area contributed by atoms with Crippen molar-refractivity contribution in [2.75, 3.05) is 36.6 Å². The standard InChI is InChI=1S/C31H28ClN7O2/c1-39(2)17-5-10-28(40)35-21-13-11-20(12-14-21)30(41)36-22-6-3-7-23(18-22)37-31-34-19-26(32)29(38-31)25-8-4-9-27-24(25)15-16-33-27/h3-16,18-19,33H,17H2,1-2H3,(H,35,40)(H,36,41)(H,34,37,38). The maximum Gasteiger partial charge on any atom is 0.255 e. The van der Waals surface area contributed by atoms with Crippen LogP contribution in [0.15, 0.2) is 97.3 Å². The van der Waals surface area contributed by atoms with Gasteiger partial charge in [-0.05, 0) is 68.7 Å². The molecule has 10 heteroatoms. The SMILES string of the molecule is CN(C)CC=CC(=O)Nc1ccc(C(=O)Nc2cccc(Nc3ncc(Cl)c(-c4cccc5[nH]ccc45)n3)c2)cc1. The first kappa shape index (κ1) is 27.6. The number of benzene rings is 3. The molecule has 9 nitrogen and oxygen atoms in total. The Balaban J connectivity index is 1.25. The maximum atomic E-state index is 12.9. The molecule has 2 aromatic heterocycles. The molecule has 3 aromatic carbocycles. The largest absolute Gasteiger partial charge is 0.361 e. The average molecular weight is 566 g/mol. The highest BCUT2D eigenvalue weighted by molar-refractivity contribution is 6.33. The van der Waals surface area contributed by atoms with E-state index in [4.69, 9.17) is 11.6 Å². The summed E-state index contributed by atoms with van der Waals surface area (Å²) in [4.78, 5) is 39.1. The molecule has 5 rings (SSSR count). The Hall–Kier alpha value is -4.99. The van der Waals surface area contributed by atoms with Gasteiger partial charge in [-0.1, -0.05) is 35.9 Å². The highest BCUT2D eigenvalue weighted by atomic mass is 35.5. The first-order valence-electron chi connectivity index (χ1n) is 12.9. The smallest absolute Gasteiger partial charge is 0.255 e. The number of aromatic nitrogens is 3. The molecule has 0 atom stereocenters. The fraction of sp³-hybridized carbons (Fsp3) is 0.0968. The number of fused-ring (bicyclic) bond motifs is 1. The summed E-state index contributed by atoms with van der Waals surface area (Å²) in [7, 11) is 3.85. The molecule has 2 heterocycles. The number of nitrogens with one attached hydrogen (secondary N) is 4. The summed E-state index contributed by atoms with van der Waals surface area (Å²) in [6, 6.07) is 21.8. The van der Waals surface area contributed by atoms with Gasteiger partial charge in [-0.2, -0.15) is 0 Å². The van der Waals surface area contributed by atoms with Crippen molar-refractivity contribution in [3.63, 3.8) is 0 Å². The van der Waals surface area contributed by atoms with E-state index in [0.29, 0.717) is 45.8 Å². The van der Waals surface area contributed by atoms with Crippen molar-refractivity contribution in [2.45, 2.75) is 0 Å². The van der Waals surface area contributed by atoms with Crippen molar-refractivity contribution in [1.82, 2.24) is 19.9 Å². The predicted octanol–water partition coefficient (Wildman–Crippen LogP) is 6.33. The van der Waals surface area contributed by atoms with Crippen LogP contribution in [-0.4, -0.2) is 52.3 Å². The number of aromatic amines is 1. The fourth-order valence-corrected chi connectivity index (χ4v) is 4.37. The number of halogens is 1. The van der Waals surface area contributed by atoms with Gasteiger partial charge in [-0.25, -0.2) is 9.97 Å². The quantitative estimate of drug-likeness (QED) is 0.155. The van der Waals surface area contributed by atoms with Crippen molar-refractivity contribution in [2.24, 2.45) is 0 Å². The minimum absolute atomic E-state index is 0.230. The molecule has 4 N–H and O–H groups in total. The zero-order chi connectivity index (χ0) is 28.8. The molecule has 0 aliphatic carbocycles. The molecule has 0 saturated heterocycles. The van der Waals surface area contributed by atoms with Gasteiger partial charge in [-0.3, -0.25) is 9.59 Å². The summed E-state index contributed by atoms with van der Waals surface area (Å²) in [5.74, 6) is -0.142. The van der Waals surface area contributed by atoms with Gasteiger partial charge in [0, 0.05) is 57.9 Å². The number of carbonyl (C=O) groups is 2. The summed E-state index contributed by atoms with van der Waals surface area (Å²) in [6.45, 7) is 0.669. The first-order valence-corrected chi connectivity index (χ1v) is 13.2. The van der Waals surface area contributed by atoms with E-state index in [1.807, 2.05) is 61.6 Å². The minimum atomic E-state index is -0.282. The number of nitrogens with zero attached hydrogens (tertiary/aromatic N) is 3. The maximum absolute atomic E-state index is 12.9. The number of H-pyrrole nitrogens is 1. The Kier molecular flexibility index (Phi) is 8.38. The van der Waals surface area contributed by atoms with E-state index in [1.165, 1.54) is 6.08 Å². The van der Waals surface area contributed by atoms with Crippen LogP contribution in [0.1, 0.15) is 10.4 Å². The molecular formula is C31H28ClN7O2. The topological polar surface area (TPSA) is 115 Å². The van der Waals surface area contributed by atoms with Crippen LogP contribution in [0.2, 0.25) is 5.02 Å². The van der Waals surface area contributed by atoms with E-state index in [-0.39, 0.29) is 11.8 Å². The van der Waals surface area contributed by atoms with Crippen molar-refractivity contribution in [1.29, 1.82) is 0 Å². The van der Waals surface area contributed by atoms with Crippen LogP contribution in [0.3, 0.4) is 0 Å². The van der Waals surface area contributed by atoms with Crippen molar-refractivity contribution in [3.8, 4) is 11.3 Å². The molecule has 5 aromatic rings. The zero-order valence-electron chi connectivity index (χ0n) is 22.5. The average Bonchev–Trinajstić information content (AvgIpc) is 3.44. The van der Waals surface area contributed by atoms with E-state index in [0.717, 1.165) is 16.5 Å². The molecule has 0 aliphatic heterocycles. The molecule has 0 unspecified atom stereocenters. The Bertz CT molecular complexity index is 1730.